The maximum Gasteiger partial charge on any atom is 0.0469 e. The molecule has 20 heavy (non-hydrogen) atoms. The average Bonchev–Trinajstić information content (AvgIpc) is 2.77. The topological polar surface area (TPSA) is 24.9 Å². The standard InChI is InChI=1S/C18H28N2/c1-2-11-19-16-8-4-3-6-15(13-16)17-10-9-14-7-5-12-20-18(14)17/h5,7,12,15-17,19H,2-4,6,8-11,13H2,1H3. The van der Waals surface area contributed by atoms with Crippen molar-refractivity contribution in [2.75, 3.05) is 6.54 Å². The third kappa shape index (κ3) is 3.06. The summed E-state index contributed by atoms with van der Waals surface area (Å²) >= 11 is 0. The van der Waals surface area contributed by atoms with Gasteiger partial charge in [0, 0.05) is 23.9 Å². The second-order valence-corrected chi connectivity index (χ2v) is 6.62. The van der Waals surface area contributed by atoms with Crippen molar-refractivity contribution in [3.63, 3.8) is 0 Å². The molecule has 1 fully saturated rings. The first-order valence-electron chi connectivity index (χ1n) is 8.55. The zero-order chi connectivity index (χ0) is 13.8. The molecule has 1 saturated carbocycles. The Morgan fingerprint density at radius 3 is 3.05 bits per heavy atom. The SMILES string of the molecule is CCCNC1CCCCC(C2CCc3cccnc32)C1. The molecular weight excluding hydrogens is 244 g/mol. The number of hydrogen-bond donors (Lipinski definition) is 1. The Kier molecular flexibility index (Phi) is 4.72. The fraction of sp³-hybridized carbons (Fsp3) is 0.722. The quantitative estimate of drug-likeness (QED) is 0.836. The average molecular weight is 272 g/mol. The van der Waals surface area contributed by atoms with Crippen molar-refractivity contribution in [2.45, 2.75) is 70.3 Å². The van der Waals surface area contributed by atoms with Gasteiger partial charge >= 0.3 is 0 Å². The molecular formula is C18H28N2. The summed E-state index contributed by atoms with van der Waals surface area (Å²) in [5.74, 6) is 1.58. The number of aromatic nitrogens is 1. The minimum absolute atomic E-state index is 0.732. The van der Waals surface area contributed by atoms with Gasteiger partial charge in [0.15, 0.2) is 0 Å². The molecule has 3 unspecified atom stereocenters. The van der Waals surface area contributed by atoms with Crippen LogP contribution in [0.5, 0.6) is 0 Å². The molecule has 1 heterocycles. The van der Waals surface area contributed by atoms with Crippen molar-refractivity contribution >= 4 is 0 Å². The van der Waals surface area contributed by atoms with Crippen LogP contribution >= 0.6 is 0 Å². The highest BCUT2D eigenvalue weighted by molar-refractivity contribution is 5.29. The normalized spacial score (nSPS) is 29.9. The van der Waals surface area contributed by atoms with Crippen molar-refractivity contribution in [2.24, 2.45) is 5.92 Å². The minimum atomic E-state index is 0.732. The molecule has 2 aliphatic rings. The van der Waals surface area contributed by atoms with Gasteiger partial charge in [-0.05, 0) is 62.6 Å². The third-order valence-corrected chi connectivity index (χ3v) is 5.22. The Hall–Kier alpha value is -0.890. The summed E-state index contributed by atoms with van der Waals surface area (Å²) in [4.78, 5) is 4.71. The second-order valence-electron chi connectivity index (χ2n) is 6.62. The maximum absolute atomic E-state index is 4.71. The fourth-order valence-corrected chi connectivity index (χ4v) is 4.20. The summed E-state index contributed by atoms with van der Waals surface area (Å²) in [6.45, 7) is 3.44. The molecule has 0 aromatic carbocycles. The van der Waals surface area contributed by atoms with Gasteiger partial charge < -0.3 is 5.32 Å². The summed E-state index contributed by atoms with van der Waals surface area (Å²) in [5.41, 5.74) is 2.94. The van der Waals surface area contributed by atoms with Crippen molar-refractivity contribution in [3.05, 3.63) is 29.6 Å². The van der Waals surface area contributed by atoms with Gasteiger partial charge in [0.05, 0.1) is 0 Å². The molecule has 1 aromatic rings. The van der Waals surface area contributed by atoms with Crippen molar-refractivity contribution in [1.82, 2.24) is 10.3 Å². The maximum atomic E-state index is 4.71. The molecule has 1 N–H and O–H groups in total. The van der Waals surface area contributed by atoms with E-state index in [-0.39, 0.29) is 0 Å². The van der Waals surface area contributed by atoms with Crippen molar-refractivity contribution in [1.29, 1.82) is 0 Å². The Morgan fingerprint density at radius 1 is 1.25 bits per heavy atom. The molecule has 0 saturated heterocycles. The molecule has 0 spiro atoms. The van der Waals surface area contributed by atoms with Crippen LogP contribution in [0.4, 0.5) is 0 Å². The number of nitrogens with one attached hydrogen (secondary N) is 1. The van der Waals surface area contributed by atoms with Gasteiger partial charge in [-0.1, -0.05) is 25.8 Å². The molecule has 0 bridgehead atoms. The Balaban J connectivity index is 1.69. The van der Waals surface area contributed by atoms with Gasteiger partial charge in [-0.25, -0.2) is 0 Å². The van der Waals surface area contributed by atoms with E-state index in [0.717, 1.165) is 17.9 Å². The predicted molar refractivity (Wildman–Crippen MR) is 84.0 cm³/mol. The minimum Gasteiger partial charge on any atom is -0.314 e. The monoisotopic (exact) mass is 272 g/mol. The first-order chi connectivity index (χ1) is 9.88. The largest absolute Gasteiger partial charge is 0.314 e. The first-order valence-corrected chi connectivity index (χ1v) is 8.55. The van der Waals surface area contributed by atoms with Gasteiger partial charge in [-0.3, -0.25) is 4.98 Å². The van der Waals surface area contributed by atoms with E-state index in [9.17, 15) is 0 Å². The molecule has 3 atom stereocenters. The zero-order valence-corrected chi connectivity index (χ0v) is 12.8. The molecule has 2 nitrogen and oxygen atoms in total. The van der Waals surface area contributed by atoms with Gasteiger partial charge in [0.1, 0.15) is 0 Å². The highest BCUT2D eigenvalue weighted by Gasteiger charge is 2.33. The Labute approximate surface area is 123 Å². The molecule has 1 aromatic heterocycles. The highest BCUT2D eigenvalue weighted by Crippen LogP contribution is 2.42. The Morgan fingerprint density at radius 2 is 2.15 bits per heavy atom. The van der Waals surface area contributed by atoms with E-state index < -0.39 is 0 Å². The molecule has 110 valence electrons. The molecule has 0 aliphatic heterocycles. The Bertz CT molecular complexity index is 429. The number of aryl methyl sites for hydroxylation is 1. The zero-order valence-electron chi connectivity index (χ0n) is 12.8. The smallest absolute Gasteiger partial charge is 0.0469 e. The number of hydrogen-bond acceptors (Lipinski definition) is 2. The van der Waals surface area contributed by atoms with Crippen LogP contribution in [0.3, 0.4) is 0 Å². The highest BCUT2D eigenvalue weighted by atomic mass is 14.9. The van der Waals surface area contributed by atoms with E-state index in [2.05, 4.69) is 24.4 Å². The lowest BCUT2D eigenvalue weighted by Gasteiger charge is -2.26. The summed E-state index contributed by atoms with van der Waals surface area (Å²) in [7, 11) is 0. The summed E-state index contributed by atoms with van der Waals surface area (Å²) in [6.07, 6.45) is 12.8. The van der Waals surface area contributed by atoms with Crippen LogP contribution in [0.25, 0.3) is 0 Å². The number of nitrogens with zero attached hydrogens (tertiary/aromatic N) is 1. The van der Waals surface area contributed by atoms with Crippen LogP contribution in [0.2, 0.25) is 0 Å². The fourth-order valence-electron chi connectivity index (χ4n) is 4.20. The van der Waals surface area contributed by atoms with Crippen LogP contribution in [0.15, 0.2) is 18.3 Å². The lowest BCUT2D eigenvalue weighted by Crippen LogP contribution is -2.31. The summed E-state index contributed by atoms with van der Waals surface area (Å²) in [5, 5.41) is 3.77. The summed E-state index contributed by atoms with van der Waals surface area (Å²) < 4.78 is 0. The molecule has 0 amide bonds. The predicted octanol–water partition coefficient (Wildman–Crippen LogP) is 4.06. The van der Waals surface area contributed by atoms with Crippen LogP contribution in [0.1, 0.15) is 69.0 Å². The lowest BCUT2D eigenvalue weighted by molar-refractivity contribution is 0.330. The van der Waals surface area contributed by atoms with Crippen LogP contribution in [-0.2, 0) is 6.42 Å². The van der Waals surface area contributed by atoms with Gasteiger partial charge in [0.2, 0.25) is 0 Å². The van der Waals surface area contributed by atoms with Crippen LogP contribution in [0, 0.1) is 5.92 Å². The summed E-state index contributed by atoms with van der Waals surface area (Å²) in [6, 6.07) is 5.13. The van der Waals surface area contributed by atoms with Crippen LogP contribution < -0.4 is 5.32 Å². The van der Waals surface area contributed by atoms with Crippen molar-refractivity contribution < 1.29 is 0 Å². The third-order valence-electron chi connectivity index (χ3n) is 5.22. The second kappa shape index (κ2) is 6.71. The van der Waals surface area contributed by atoms with Gasteiger partial charge in [-0.2, -0.15) is 0 Å². The van der Waals surface area contributed by atoms with Gasteiger partial charge in [-0.15, -0.1) is 0 Å². The van der Waals surface area contributed by atoms with E-state index in [1.165, 1.54) is 69.2 Å². The van der Waals surface area contributed by atoms with Gasteiger partial charge in [0.25, 0.3) is 0 Å². The number of fused-ring (bicyclic) bond motifs is 1. The number of rotatable bonds is 4. The van der Waals surface area contributed by atoms with E-state index in [4.69, 9.17) is 4.98 Å². The molecule has 2 aliphatic carbocycles. The number of pyridine rings is 1. The molecule has 0 radical (unpaired) electrons. The lowest BCUT2D eigenvalue weighted by atomic mass is 9.83. The van der Waals surface area contributed by atoms with E-state index in [1.807, 2.05) is 6.20 Å². The van der Waals surface area contributed by atoms with Crippen molar-refractivity contribution in [3.8, 4) is 0 Å². The molecule has 3 rings (SSSR count). The van der Waals surface area contributed by atoms with E-state index >= 15 is 0 Å². The first kappa shape index (κ1) is 14.1. The molecule has 2 heteroatoms. The van der Waals surface area contributed by atoms with E-state index in [0.29, 0.717) is 0 Å². The van der Waals surface area contributed by atoms with E-state index in [1.54, 1.807) is 0 Å². The van der Waals surface area contributed by atoms with Crippen LogP contribution in [-0.4, -0.2) is 17.6 Å².